The average Bonchev–Trinajstić information content (AvgIpc) is 2.47. The smallest absolute Gasteiger partial charge is 0.0823 e. The standard InChI is InChI=1S/C16H24N2/c1-2-18-15-9-5-4-8-14(15)10-11-16(18)17-12-6-3-7-13-17/h4-5,8-9,16H,2-3,6-7,10-13H2,1H3. The Morgan fingerprint density at radius 2 is 1.89 bits per heavy atom. The van der Waals surface area contributed by atoms with E-state index < -0.39 is 0 Å². The molecule has 1 atom stereocenters. The third-order valence-electron chi connectivity index (χ3n) is 4.49. The van der Waals surface area contributed by atoms with Crippen molar-refractivity contribution < 1.29 is 0 Å². The van der Waals surface area contributed by atoms with Crippen LogP contribution in [0.2, 0.25) is 0 Å². The minimum Gasteiger partial charge on any atom is -0.356 e. The van der Waals surface area contributed by atoms with Crippen LogP contribution in [0.15, 0.2) is 24.3 Å². The SMILES string of the molecule is CCN1c2ccccc2CCC1N1CCCCC1. The number of likely N-dealkylation sites (tertiary alicyclic amines) is 1. The molecule has 3 rings (SSSR count). The fourth-order valence-corrected chi connectivity index (χ4v) is 3.58. The van der Waals surface area contributed by atoms with Gasteiger partial charge in [0.25, 0.3) is 0 Å². The second-order valence-electron chi connectivity index (χ2n) is 5.53. The predicted octanol–water partition coefficient (Wildman–Crippen LogP) is 3.27. The Balaban J connectivity index is 1.84. The zero-order chi connectivity index (χ0) is 12.4. The van der Waals surface area contributed by atoms with Crippen molar-refractivity contribution in [2.24, 2.45) is 0 Å². The lowest BCUT2D eigenvalue weighted by molar-refractivity contribution is 0.147. The monoisotopic (exact) mass is 244 g/mol. The van der Waals surface area contributed by atoms with E-state index in [1.807, 2.05) is 0 Å². The van der Waals surface area contributed by atoms with Gasteiger partial charge in [0, 0.05) is 25.3 Å². The van der Waals surface area contributed by atoms with Crippen LogP contribution >= 0.6 is 0 Å². The molecule has 1 aromatic carbocycles. The minimum atomic E-state index is 0.644. The van der Waals surface area contributed by atoms with E-state index in [9.17, 15) is 0 Å². The van der Waals surface area contributed by atoms with Crippen molar-refractivity contribution in [3.8, 4) is 0 Å². The van der Waals surface area contributed by atoms with Gasteiger partial charge in [-0.05, 0) is 44.2 Å². The summed E-state index contributed by atoms with van der Waals surface area (Å²) in [5.41, 5.74) is 3.01. The third-order valence-corrected chi connectivity index (χ3v) is 4.49. The minimum absolute atomic E-state index is 0.644. The molecule has 1 aromatic rings. The highest BCUT2D eigenvalue weighted by molar-refractivity contribution is 5.56. The number of para-hydroxylation sites is 1. The van der Waals surface area contributed by atoms with Gasteiger partial charge in [-0.15, -0.1) is 0 Å². The first-order valence-electron chi connectivity index (χ1n) is 7.48. The molecule has 2 nitrogen and oxygen atoms in total. The Labute approximate surface area is 111 Å². The fraction of sp³-hybridized carbons (Fsp3) is 0.625. The van der Waals surface area contributed by atoms with Gasteiger partial charge in [-0.25, -0.2) is 0 Å². The molecule has 0 amide bonds. The summed E-state index contributed by atoms with van der Waals surface area (Å²) in [6.07, 6.45) is 7.38. The van der Waals surface area contributed by atoms with Gasteiger partial charge in [0.15, 0.2) is 0 Å². The highest BCUT2D eigenvalue weighted by Gasteiger charge is 2.30. The summed E-state index contributed by atoms with van der Waals surface area (Å²) in [5.74, 6) is 0. The van der Waals surface area contributed by atoms with E-state index >= 15 is 0 Å². The Morgan fingerprint density at radius 1 is 1.11 bits per heavy atom. The van der Waals surface area contributed by atoms with Crippen molar-refractivity contribution in [2.45, 2.75) is 45.2 Å². The Kier molecular flexibility index (Phi) is 3.55. The molecule has 2 heterocycles. The second kappa shape index (κ2) is 5.31. The van der Waals surface area contributed by atoms with Gasteiger partial charge >= 0.3 is 0 Å². The topological polar surface area (TPSA) is 6.48 Å². The Bertz CT molecular complexity index is 396. The number of hydrogen-bond acceptors (Lipinski definition) is 2. The molecule has 1 saturated heterocycles. The van der Waals surface area contributed by atoms with E-state index in [0.717, 1.165) is 6.54 Å². The second-order valence-corrected chi connectivity index (χ2v) is 5.53. The summed E-state index contributed by atoms with van der Waals surface area (Å²) in [6, 6.07) is 8.95. The molecule has 0 spiro atoms. The van der Waals surface area contributed by atoms with Crippen LogP contribution in [0.5, 0.6) is 0 Å². The van der Waals surface area contributed by atoms with E-state index in [0.29, 0.717) is 6.17 Å². The molecule has 0 saturated carbocycles. The summed E-state index contributed by atoms with van der Waals surface area (Å²) in [7, 11) is 0. The molecule has 0 aromatic heterocycles. The van der Waals surface area contributed by atoms with Crippen molar-refractivity contribution in [3.05, 3.63) is 29.8 Å². The molecule has 1 fully saturated rings. The van der Waals surface area contributed by atoms with Crippen LogP contribution in [0.1, 0.15) is 38.2 Å². The maximum atomic E-state index is 2.71. The van der Waals surface area contributed by atoms with E-state index in [4.69, 9.17) is 0 Å². The third kappa shape index (κ3) is 2.14. The molecule has 2 heteroatoms. The van der Waals surface area contributed by atoms with Crippen LogP contribution in [0.4, 0.5) is 5.69 Å². The van der Waals surface area contributed by atoms with E-state index in [2.05, 4.69) is 41.0 Å². The maximum Gasteiger partial charge on any atom is 0.0823 e. The van der Waals surface area contributed by atoms with Gasteiger partial charge in [0.05, 0.1) is 6.17 Å². The van der Waals surface area contributed by atoms with Gasteiger partial charge in [0.2, 0.25) is 0 Å². The number of benzene rings is 1. The quantitative estimate of drug-likeness (QED) is 0.788. The molecule has 98 valence electrons. The number of hydrogen-bond donors (Lipinski definition) is 0. The summed E-state index contributed by atoms with van der Waals surface area (Å²) in [6.45, 7) is 6.00. The Morgan fingerprint density at radius 3 is 2.67 bits per heavy atom. The maximum absolute atomic E-state index is 2.71. The molecule has 18 heavy (non-hydrogen) atoms. The van der Waals surface area contributed by atoms with Crippen molar-refractivity contribution in [2.75, 3.05) is 24.5 Å². The molecule has 2 aliphatic heterocycles. The van der Waals surface area contributed by atoms with Crippen LogP contribution in [0.25, 0.3) is 0 Å². The lowest BCUT2D eigenvalue weighted by Crippen LogP contribution is -2.52. The first-order chi connectivity index (χ1) is 8.90. The van der Waals surface area contributed by atoms with Crippen LogP contribution in [0, 0.1) is 0 Å². The summed E-state index contributed by atoms with van der Waals surface area (Å²) < 4.78 is 0. The van der Waals surface area contributed by atoms with Gasteiger partial charge in [-0.2, -0.15) is 0 Å². The predicted molar refractivity (Wildman–Crippen MR) is 77.0 cm³/mol. The van der Waals surface area contributed by atoms with Gasteiger partial charge in [0.1, 0.15) is 0 Å². The number of anilines is 1. The van der Waals surface area contributed by atoms with Crippen LogP contribution in [-0.4, -0.2) is 30.7 Å². The first-order valence-corrected chi connectivity index (χ1v) is 7.48. The van der Waals surface area contributed by atoms with Crippen molar-refractivity contribution in [3.63, 3.8) is 0 Å². The normalized spacial score (nSPS) is 24.9. The Hall–Kier alpha value is -1.02. The number of fused-ring (bicyclic) bond motifs is 1. The highest BCUT2D eigenvalue weighted by atomic mass is 15.4. The van der Waals surface area contributed by atoms with Crippen LogP contribution in [-0.2, 0) is 6.42 Å². The van der Waals surface area contributed by atoms with E-state index in [-0.39, 0.29) is 0 Å². The lowest BCUT2D eigenvalue weighted by Gasteiger charge is -2.45. The van der Waals surface area contributed by atoms with Crippen molar-refractivity contribution in [1.82, 2.24) is 4.90 Å². The molecule has 0 N–H and O–H groups in total. The molecule has 0 aliphatic carbocycles. The number of piperidine rings is 1. The molecular weight excluding hydrogens is 220 g/mol. The highest BCUT2D eigenvalue weighted by Crippen LogP contribution is 2.32. The lowest BCUT2D eigenvalue weighted by atomic mass is 9.97. The summed E-state index contributed by atoms with van der Waals surface area (Å²) in [4.78, 5) is 5.33. The number of nitrogens with zero attached hydrogens (tertiary/aromatic N) is 2. The van der Waals surface area contributed by atoms with Gasteiger partial charge < -0.3 is 4.90 Å². The first kappa shape index (κ1) is 12.0. The van der Waals surface area contributed by atoms with Crippen molar-refractivity contribution in [1.29, 1.82) is 0 Å². The summed E-state index contributed by atoms with van der Waals surface area (Å²) in [5, 5.41) is 0. The number of rotatable bonds is 2. The zero-order valence-corrected chi connectivity index (χ0v) is 11.4. The summed E-state index contributed by atoms with van der Waals surface area (Å²) >= 11 is 0. The van der Waals surface area contributed by atoms with Crippen molar-refractivity contribution >= 4 is 5.69 Å². The van der Waals surface area contributed by atoms with Gasteiger partial charge in [-0.3, -0.25) is 4.90 Å². The molecular formula is C16H24N2. The number of aryl methyl sites for hydroxylation is 1. The molecule has 1 unspecified atom stereocenters. The molecule has 0 radical (unpaired) electrons. The molecule has 2 aliphatic rings. The van der Waals surface area contributed by atoms with Crippen LogP contribution < -0.4 is 4.90 Å². The molecule has 0 bridgehead atoms. The largest absolute Gasteiger partial charge is 0.356 e. The van der Waals surface area contributed by atoms with E-state index in [1.165, 1.54) is 56.4 Å². The van der Waals surface area contributed by atoms with E-state index in [1.54, 1.807) is 0 Å². The zero-order valence-electron chi connectivity index (χ0n) is 11.4. The van der Waals surface area contributed by atoms with Crippen LogP contribution in [0.3, 0.4) is 0 Å². The average molecular weight is 244 g/mol. The van der Waals surface area contributed by atoms with Gasteiger partial charge in [-0.1, -0.05) is 24.6 Å². The fourth-order valence-electron chi connectivity index (χ4n) is 3.58.